The number of aliphatic hydroxyl groups is 1. The minimum absolute atomic E-state index is 0.102. The van der Waals surface area contributed by atoms with Gasteiger partial charge < -0.3 is 15.2 Å². The van der Waals surface area contributed by atoms with E-state index in [1.54, 1.807) is 0 Å². The molecule has 2 aliphatic rings. The van der Waals surface area contributed by atoms with Crippen molar-refractivity contribution in [2.24, 2.45) is 5.92 Å². The minimum Gasteiger partial charge on any atom is -0.390 e. The highest BCUT2D eigenvalue weighted by Gasteiger charge is 2.45. The van der Waals surface area contributed by atoms with E-state index in [9.17, 15) is 5.11 Å². The number of nitrogens with one attached hydrogen (secondary N) is 1. The molecule has 0 amide bonds. The maximum absolute atomic E-state index is 10.9. The van der Waals surface area contributed by atoms with Crippen LogP contribution in [-0.4, -0.2) is 35.0 Å². The Morgan fingerprint density at radius 1 is 1.20 bits per heavy atom. The predicted molar refractivity (Wildman–Crippen MR) is 82.9 cm³/mol. The molecule has 2 rings (SSSR count). The fraction of sp³-hybridized carbons (Fsp3) is 1.00. The molecule has 0 radical (unpaired) electrons. The summed E-state index contributed by atoms with van der Waals surface area (Å²) in [7, 11) is 0. The summed E-state index contributed by atoms with van der Waals surface area (Å²) in [6, 6.07) is 0. The summed E-state index contributed by atoms with van der Waals surface area (Å²) in [5.41, 5.74) is -0.347. The van der Waals surface area contributed by atoms with Gasteiger partial charge in [-0.2, -0.15) is 0 Å². The van der Waals surface area contributed by atoms with Crippen LogP contribution in [-0.2, 0) is 4.74 Å². The Hall–Kier alpha value is -0.120. The van der Waals surface area contributed by atoms with Crippen LogP contribution in [0.5, 0.6) is 0 Å². The van der Waals surface area contributed by atoms with Crippen LogP contribution in [0.2, 0.25) is 0 Å². The summed E-state index contributed by atoms with van der Waals surface area (Å²) in [4.78, 5) is 0. The fourth-order valence-electron chi connectivity index (χ4n) is 3.82. The first-order chi connectivity index (χ1) is 9.23. The molecule has 1 aliphatic heterocycles. The molecule has 1 saturated carbocycles. The molecule has 118 valence electrons. The van der Waals surface area contributed by atoms with Crippen molar-refractivity contribution in [3.63, 3.8) is 0 Å². The first kappa shape index (κ1) is 16.3. The van der Waals surface area contributed by atoms with Gasteiger partial charge in [-0.3, -0.25) is 0 Å². The zero-order valence-corrected chi connectivity index (χ0v) is 13.8. The van der Waals surface area contributed by atoms with Gasteiger partial charge >= 0.3 is 0 Å². The molecule has 2 fully saturated rings. The highest BCUT2D eigenvalue weighted by molar-refractivity contribution is 4.96. The minimum atomic E-state index is -0.572. The summed E-state index contributed by atoms with van der Waals surface area (Å²) in [5.74, 6) is 0.385. The third-order valence-electron chi connectivity index (χ3n) is 5.17. The molecular weight excluding hydrogens is 250 g/mol. The lowest BCUT2D eigenvalue weighted by Gasteiger charge is -2.44. The van der Waals surface area contributed by atoms with E-state index in [4.69, 9.17) is 4.74 Å². The van der Waals surface area contributed by atoms with Crippen molar-refractivity contribution in [1.29, 1.82) is 0 Å². The number of ether oxygens (including phenoxy) is 1. The second-order valence-electron chi connectivity index (χ2n) is 8.21. The van der Waals surface area contributed by atoms with Crippen LogP contribution in [0.1, 0.15) is 72.6 Å². The molecule has 0 aromatic carbocycles. The van der Waals surface area contributed by atoms with Crippen molar-refractivity contribution in [2.75, 3.05) is 13.2 Å². The Balaban J connectivity index is 1.88. The van der Waals surface area contributed by atoms with Crippen LogP contribution < -0.4 is 5.32 Å². The van der Waals surface area contributed by atoms with Gasteiger partial charge in [0.2, 0.25) is 0 Å². The molecule has 1 heterocycles. The second-order valence-corrected chi connectivity index (χ2v) is 8.21. The van der Waals surface area contributed by atoms with Crippen molar-refractivity contribution in [3.05, 3.63) is 0 Å². The highest BCUT2D eigenvalue weighted by Crippen LogP contribution is 2.45. The first-order valence-electron chi connectivity index (χ1n) is 8.34. The van der Waals surface area contributed by atoms with Gasteiger partial charge in [0.25, 0.3) is 0 Å². The fourth-order valence-corrected chi connectivity index (χ4v) is 3.82. The van der Waals surface area contributed by atoms with Gasteiger partial charge in [-0.1, -0.05) is 12.8 Å². The molecule has 2 unspecified atom stereocenters. The van der Waals surface area contributed by atoms with Crippen LogP contribution in [0.4, 0.5) is 0 Å². The Morgan fingerprint density at radius 3 is 2.45 bits per heavy atom. The van der Waals surface area contributed by atoms with Crippen LogP contribution >= 0.6 is 0 Å². The Labute approximate surface area is 124 Å². The van der Waals surface area contributed by atoms with Crippen molar-refractivity contribution in [2.45, 2.75) is 89.4 Å². The summed E-state index contributed by atoms with van der Waals surface area (Å²) >= 11 is 0. The van der Waals surface area contributed by atoms with E-state index in [2.05, 4.69) is 26.1 Å². The molecule has 1 saturated heterocycles. The molecule has 1 aliphatic carbocycles. The summed E-state index contributed by atoms with van der Waals surface area (Å²) in [6.07, 6.45) is 7.85. The van der Waals surface area contributed by atoms with Gasteiger partial charge in [0, 0.05) is 12.1 Å². The van der Waals surface area contributed by atoms with Gasteiger partial charge in [0.05, 0.1) is 11.2 Å². The van der Waals surface area contributed by atoms with Gasteiger partial charge in [0.1, 0.15) is 0 Å². The lowest BCUT2D eigenvalue weighted by atomic mass is 9.74. The second kappa shape index (κ2) is 5.94. The van der Waals surface area contributed by atoms with E-state index in [-0.39, 0.29) is 11.1 Å². The number of rotatable bonds is 4. The topological polar surface area (TPSA) is 41.5 Å². The molecular formula is C17H33NO2. The highest BCUT2D eigenvalue weighted by atomic mass is 16.5. The van der Waals surface area contributed by atoms with Gasteiger partial charge in [-0.25, -0.2) is 0 Å². The van der Waals surface area contributed by atoms with Gasteiger partial charge in [-0.15, -0.1) is 0 Å². The Morgan fingerprint density at radius 2 is 1.85 bits per heavy atom. The maximum atomic E-state index is 10.9. The quantitative estimate of drug-likeness (QED) is 0.832. The van der Waals surface area contributed by atoms with Crippen LogP contribution in [0, 0.1) is 5.92 Å². The lowest BCUT2D eigenvalue weighted by Crippen LogP contribution is -2.48. The van der Waals surface area contributed by atoms with Crippen LogP contribution in [0.25, 0.3) is 0 Å². The average molecular weight is 283 g/mol. The van der Waals surface area contributed by atoms with E-state index >= 15 is 0 Å². The molecule has 0 bridgehead atoms. The summed E-state index contributed by atoms with van der Waals surface area (Å²) in [5, 5.41) is 14.4. The number of hydrogen-bond acceptors (Lipinski definition) is 3. The molecule has 3 heteroatoms. The molecule has 3 nitrogen and oxygen atoms in total. The molecule has 1 spiro atoms. The Kier molecular flexibility index (Phi) is 4.83. The summed E-state index contributed by atoms with van der Waals surface area (Å²) in [6.45, 7) is 10.2. The standard InChI is InChI=1S/C17H33NO2/c1-15(2,3)18-11-10-16(4,19)14-7-12-20-17(13-14)8-5-6-9-17/h14,18-19H,5-13H2,1-4H3. The van der Waals surface area contributed by atoms with Gasteiger partial charge in [-0.05, 0) is 72.3 Å². The molecule has 2 atom stereocenters. The van der Waals surface area contributed by atoms with Crippen molar-refractivity contribution in [1.82, 2.24) is 5.32 Å². The SMILES string of the molecule is CC(C)(C)NCCC(C)(O)C1CCOC2(CCCC2)C1. The predicted octanol–water partition coefficient (Wildman–Crippen LogP) is 3.26. The van der Waals surface area contributed by atoms with Crippen molar-refractivity contribution in [3.8, 4) is 0 Å². The van der Waals surface area contributed by atoms with Crippen LogP contribution in [0.3, 0.4) is 0 Å². The first-order valence-corrected chi connectivity index (χ1v) is 8.34. The normalized spacial score (nSPS) is 29.6. The van der Waals surface area contributed by atoms with Crippen molar-refractivity contribution < 1.29 is 9.84 Å². The molecule has 0 aromatic rings. The maximum Gasteiger partial charge on any atom is 0.0686 e. The van der Waals surface area contributed by atoms with E-state index in [1.807, 2.05) is 6.92 Å². The van der Waals surface area contributed by atoms with E-state index < -0.39 is 5.60 Å². The van der Waals surface area contributed by atoms with Crippen molar-refractivity contribution >= 4 is 0 Å². The summed E-state index contributed by atoms with van der Waals surface area (Å²) < 4.78 is 6.08. The monoisotopic (exact) mass is 283 g/mol. The van der Waals surface area contributed by atoms with E-state index in [0.717, 1.165) is 32.4 Å². The molecule has 2 N–H and O–H groups in total. The van der Waals surface area contributed by atoms with Gasteiger partial charge in [0.15, 0.2) is 0 Å². The third-order valence-corrected chi connectivity index (χ3v) is 5.17. The zero-order valence-electron chi connectivity index (χ0n) is 13.8. The largest absolute Gasteiger partial charge is 0.390 e. The molecule has 20 heavy (non-hydrogen) atoms. The van der Waals surface area contributed by atoms with Crippen LogP contribution in [0.15, 0.2) is 0 Å². The smallest absolute Gasteiger partial charge is 0.0686 e. The lowest BCUT2D eigenvalue weighted by molar-refractivity contribution is -0.137. The Bertz CT molecular complexity index is 313. The van der Waals surface area contributed by atoms with E-state index in [1.165, 1.54) is 25.7 Å². The van der Waals surface area contributed by atoms with E-state index in [0.29, 0.717) is 5.92 Å². The third kappa shape index (κ3) is 4.19. The molecule has 0 aromatic heterocycles. The number of hydrogen-bond donors (Lipinski definition) is 2. The average Bonchev–Trinajstić information content (AvgIpc) is 2.75. The zero-order chi connectivity index (χ0) is 14.9.